The van der Waals surface area contributed by atoms with E-state index in [4.69, 9.17) is 0 Å². The van der Waals surface area contributed by atoms with Gasteiger partial charge in [0.25, 0.3) is 0 Å². The summed E-state index contributed by atoms with van der Waals surface area (Å²) >= 11 is 3.37. The first kappa shape index (κ1) is 13.1. The molecule has 5 heteroatoms. The first-order chi connectivity index (χ1) is 9.65. The van der Waals surface area contributed by atoms with Crippen molar-refractivity contribution in [2.24, 2.45) is 5.10 Å². The van der Waals surface area contributed by atoms with Crippen LogP contribution >= 0.6 is 15.9 Å². The van der Waals surface area contributed by atoms with E-state index < -0.39 is 0 Å². The summed E-state index contributed by atoms with van der Waals surface area (Å²) in [6.45, 7) is 0. The van der Waals surface area contributed by atoms with Gasteiger partial charge in [0, 0.05) is 22.0 Å². The fourth-order valence-electron chi connectivity index (χ4n) is 2.29. The molecule has 1 unspecified atom stereocenters. The molecule has 1 aliphatic rings. The van der Waals surface area contributed by atoms with Crippen molar-refractivity contribution in [3.8, 4) is 5.75 Å². The largest absolute Gasteiger partial charge is 0.507 e. The van der Waals surface area contributed by atoms with Crippen LogP contribution in [0.15, 0.2) is 52.0 Å². The van der Waals surface area contributed by atoms with E-state index in [1.54, 1.807) is 36.4 Å². The van der Waals surface area contributed by atoms with Crippen molar-refractivity contribution < 1.29 is 9.50 Å². The predicted molar refractivity (Wildman–Crippen MR) is 79.2 cm³/mol. The van der Waals surface area contributed by atoms with Gasteiger partial charge in [-0.05, 0) is 24.3 Å². The van der Waals surface area contributed by atoms with Gasteiger partial charge < -0.3 is 10.5 Å². The second-order valence-electron chi connectivity index (χ2n) is 4.63. The van der Waals surface area contributed by atoms with Gasteiger partial charge in [0.2, 0.25) is 0 Å². The number of hydrazone groups is 1. The molecule has 0 saturated heterocycles. The number of phenolic OH excluding ortho intramolecular Hbond substituents is 1. The zero-order valence-electron chi connectivity index (χ0n) is 10.5. The summed E-state index contributed by atoms with van der Waals surface area (Å²) in [5.41, 5.74) is 4.89. The first-order valence-corrected chi connectivity index (χ1v) is 7.00. The molecule has 0 fully saturated rings. The van der Waals surface area contributed by atoms with Gasteiger partial charge >= 0.3 is 0 Å². The molecule has 1 heterocycles. The van der Waals surface area contributed by atoms with Gasteiger partial charge in [-0.25, -0.2) is 4.39 Å². The lowest BCUT2D eigenvalue weighted by molar-refractivity contribution is 0.474. The van der Waals surface area contributed by atoms with Crippen molar-refractivity contribution in [3.05, 3.63) is 63.9 Å². The second kappa shape index (κ2) is 5.25. The van der Waals surface area contributed by atoms with Crippen molar-refractivity contribution in [1.82, 2.24) is 5.43 Å². The predicted octanol–water partition coefficient (Wildman–Crippen LogP) is 3.73. The van der Waals surface area contributed by atoms with Crippen molar-refractivity contribution >= 4 is 21.6 Å². The van der Waals surface area contributed by atoms with Gasteiger partial charge in [-0.3, -0.25) is 0 Å². The van der Waals surface area contributed by atoms with Gasteiger partial charge in [0.1, 0.15) is 11.6 Å². The molecule has 3 rings (SSSR count). The van der Waals surface area contributed by atoms with Crippen molar-refractivity contribution in [2.75, 3.05) is 0 Å². The van der Waals surface area contributed by atoms with E-state index in [0.717, 1.165) is 10.2 Å². The molecule has 3 nitrogen and oxygen atoms in total. The Morgan fingerprint density at radius 3 is 2.85 bits per heavy atom. The highest BCUT2D eigenvalue weighted by atomic mass is 79.9. The quantitative estimate of drug-likeness (QED) is 0.878. The first-order valence-electron chi connectivity index (χ1n) is 6.20. The molecule has 0 saturated carbocycles. The highest BCUT2D eigenvalue weighted by Gasteiger charge is 2.24. The third-order valence-electron chi connectivity index (χ3n) is 3.30. The number of aromatic hydroxyl groups is 1. The summed E-state index contributed by atoms with van der Waals surface area (Å²) < 4.78 is 14.6. The molecule has 2 aromatic carbocycles. The molecule has 0 amide bonds. The molecule has 0 bridgehead atoms. The third-order valence-corrected chi connectivity index (χ3v) is 3.80. The van der Waals surface area contributed by atoms with Crippen molar-refractivity contribution in [2.45, 2.75) is 12.5 Å². The minimum absolute atomic E-state index is 0.169. The SMILES string of the molecule is Oc1ccc(Br)cc1C1=NNC(c2ccccc2F)C1. The number of nitrogens with zero attached hydrogens (tertiary/aromatic N) is 1. The Balaban J connectivity index is 1.86. The fourth-order valence-corrected chi connectivity index (χ4v) is 2.65. The number of hydrogen-bond donors (Lipinski definition) is 2. The molecular weight excluding hydrogens is 323 g/mol. The Bertz CT molecular complexity index is 687. The summed E-state index contributed by atoms with van der Waals surface area (Å²) in [5.74, 6) is -0.0807. The number of rotatable bonds is 2. The normalized spacial score (nSPS) is 17.7. The molecule has 0 aromatic heterocycles. The average molecular weight is 335 g/mol. The van der Waals surface area contributed by atoms with Crippen LogP contribution in [0.1, 0.15) is 23.6 Å². The smallest absolute Gasteiger partial charge is 0.128 e. The van der Waals surface area contributed by atoms with Crippen molar-refractivity contribution in [3.63, 3.8) is 0 Å². The Morgan fingerprint density at radius 2 is 2.05 bits per heavy atom. The lowest BCUT2D eigenvalue weighted by Gasteiger charge is -2.11. The summed E-state index contributed by atoms with van der Waals surface area (Å²) in [4.78, 5) is 0. The fraction of sp³-hybridized carbons (Fsp3) is 0.133. The molecular formula is C15H12BrFN2O. The van der Waals surface area contributed by atoms with Crippen LogP contribution < -0.4 is 5.43 Å². The third kappa shape index (κ3) is 2.41. The van der Waals surface area contributed by atoms with Crippen LogP contribution in [0.5, 0.6) is 5.75 Å². The highest BCUT2D eigenvalue weighted by molar-refractivity contribution is 9.10. The van der Waals surface area contributed by atoms with Gasteiger partial charge in [-0.15, -0.1) is 0 Å². The Labute approximate surface area is 124 Å². The van der Waals surface area contributed by atoms with Crippen LogP contribution in [-0.2, 0) is 0 Å². The van der Waals surface area contributed by atoms with Crippen molar-refractivity contribution in [1.29, 1.82) is 0 Å². The highest BCUT2D eigenvalue weighted by Crippen LogP contribution is 2.30. The molecule has 0 aliphatic carbocycles. The summed E-state index contributed by atoms with van der Waals surface area (Å²) in [6, 6.07) is 11.6. The standard InChI is InChI=1S/C15H12BrFN2O/c16-9-5-6-15(20)11(7-9)14-8-13(18-19-14)10-3-1-2-4-12(10)17/h1-7,13,18,20H,8H2. The Kier molecular flexibility index (Phi) is 3.44. The number of phenols is 1. The molecule has 0 radical (unpaired) electrons. The number of halogens is 2. The number of nitrogens with one attached hydrogen (secondary N) is 1. The molecule has 0 spiro atoms. The molecule has 1 aliphatic heterocycles. The van der Waals surface area contributed by atoms with Gasteiger partial charge in [-0.2, -0.15) is 5.10 Å². The maximum Gasteiger partial charge on any atom is 0.128 e. The van der Waals surface area contributed by atoms with Crippen LogP contribution in [0, 0.1) is 5.82 Å². The topological polar surface area (TPSA) is 44.6 Å². The van der Waals surface area contributed by atoms with E-state index in [1.165, 1.54) is 6.07 Å². The average Bonchev–Trinajstić information content (AvgIpc) is 2.91. The van der Waals surface area contributed by atoms with E-state index in [-0.39, 0.29) is 17.6 Å². The van der Waals surface area contributed by atoms with E-state index in [1.807, 2.05) is 0 Å². The van der Waals surface area contributed by atoms with Crippen LogP contribution in [-0.4, -0.2) is 10.8 Å². The minimum Gasteiger partial charge on any atom is -0.507 e. The number of benzene rings is 2. The molecule has 102 valence electrons. The summed E-state index contributed by atoms with van der Waals surface area (Å²) in [5, 5.41) is 14.1. The zero-order valence-corrected chi connectivity index (χ0v) is 12.1. The Morgan fingerprint density at radius 1 is 1.25 bits per heavy atom. The maximum atomic E-state index is 13.8. The van der Waals surface area contributed by atoms with E-state index >= 15 is 0 Å². The molecule has 2 aromatic rings. The second-order valence-corrected chi connectivity index (χ2v) is 5.54. The maximum absolute atomic E-state index is 13.8. The minimum atomic E-state index is -0.250. The van der Waals surface area contributed by atoms with Gasteiger partial charge in [0.15, 0.2) is 0 Å². The molecule has 2 N–H and O–H groups in total. The van der Waals surface area contributed by atoms with E-state index in [0.29, 0.717) is 17.5 Å². The summed E-state index contributed by atoms with van der Waals surface area (Å²) in [7, 11) is 0. The van der Waals surface area contributed by atoms with Crippen LogP contribution in [0.2, 0.25) is 0 Å². The summed E-state index contributed by atoms with van der Waals surface area (Å²) in [6.07, 6.45) is 0.533. The van der Waals surface area contributed by atoms with E-state index in [2.05, 4.69) is 26.5 Å². The van der Waals surface area contributed by atoms with Gasteiger partial charge in [-0.1, -0.05) is 34.1 Å². The van der Waals surface area contributed by atoms with Crippen LogP contribution in [0.3, 0.4) is 0 Å². The lowest BCUT2D eigenvalue weighted by Crippen LogP contribution is -2.11. The van der Waals surface area contributed by atoms with Crippen LogP contribution in [0.4, 0.5) is 4.39 Å². The molecule has 20 heavy (non-hydrogen) atoms. The Hall–Kier alpha value is -1.88. The molecule has 1 atom stereocenters. The number of hydrogen-bond acceptors (Lipinski definition) is 3. The van der Waals surface area contributed by atoms with E-state index in [9.17, 15) is 9.50 Å². The van der Waals surface area contributed by atoms with Crippen LogP contribution in [0.25, 0.3) is 0 Å². The van der Waals surface area contributed by atoms with Gasteiger partial charge in [0.05, 0.1) is 11.8 Å². The zero-order chi connectivity index (χ0) is 14.1. The lowest BCUT2D eigenvalue weighted by atomic mass is 9.98. The monoisotopic (exact) mass is 334 g/mol.